The Morgan fingerprint density at radius 3 is 2.93 bits per heavy atom. The zero-order chi connectivity index (χ0) is 10.8. The highest BCUT2D eigenvalue weighted by atomic mass is 16.5. The minimum Gasteiger partial charge on any atom is -0.446 e. The van der Waals surface area contributed by atoms with Gasteiger partial charge in [-0.15, -0.1) is 6.42 Å². The third-order valence-electron chi connectivity index (χ3n) is 1.63. The maximum atomic E-state index is 11.1. The summed E-state index contributed by atoms with van der Waals surface area (Å²) in [6.07, 6.45) is 11.9. The first kappa shape index (κ1) is 12.5. The van der Waals surface area contributed by atoms with E-state index in [-0.39, 0.29) is 0 Å². The van der Waals surface area contributed by atoms with Crippen molar-refractivity contribution in [3.63, 3.8) is 0 Å². The number of esters is 1. The lowest BCUT2D eigenvalue weighted by atomic mass is 10.2. The summed E-state index contributed by atoms with van der Waals surface area (Å²) in [5.74, 6) is 2.03. The second-order valence-corrected chi connectivity index (χ2v) is 2.83. The number of allylic oxidation sites excluding steroid dienone is 2. The normalized spacial score (nSPS) is 12.0. The van der Waals surface area contributed by atoms with Gasteiger partial charge in [-0.25, -0.2) is 4.79 Å². The minimum absolute atomic E-state index is 0.406. The molecule has 0 heterocycles. The lowest BCUT2D eigenvalue weighted by Crippen LogP contribution is -2.14. The fourth-order valence-electron chi connectivity index (χ4n) is 0.892. The van der Waals surface area contributed by atoms with Crippen LogP contribution in [0.1, 0.15) is 26.2 Å². The summed E-state index contributed by atoms with van der Waals surface area (Å²) in [4.78, 5) is 11.1. The Hall–Kier alpha value is -1.49. The van der Waals surface area contributed by atoms with Crippen molar-refractivity contribution in [1.29, 1.82) is 0 Å². The van der Waals surface area contributed by atoms with Gasteiger partial charge in [0.25, 0.3) is 0 Å². The van der Waals surface area contributed by atoms with E-state index >= 15 is 0 Å². The van der Waals surface area contributed by atoms with Gasteiger partial charge in [0.1, 0.15) is 0 Å². The second kappa shape index (κ2) is 8.12. The van der Waals surface area contributed by atoms with E-state index in [4.69, 9.17) is 11.2 Å². The number of hydrogen-bond acceptors (Lipinski definition) is 2. The van der Waals surface area contributed by atoms with Crippen molar-refractivity contribution in [2.45, 2.75) is 32.3 Å². The molecule has 76 valence electrons. The third kappa shape index (κ3) is 6.07. The average molecular weight is 192 g/mol. The Morgan fingerprint density at radius 2 is 2.43 bits per heavy atom. The number of ether oxygens (including phenoxy) is 1. The van der Waals surface area contributed by atoms with E-state index in [1.165, 1.54) is 18.2 Å². The van der Waals surface area contributed by atoms with Crippen LogP contribution in [0.4, 0.5) is 0 Å². The fraction of sp³-hybridized carbons (Fsp3) is 0.417. The van der Waals surface area contributed by atoms with Crippen LogP contribution >= 0.6 is 0 Å². The molecule has 0 N–H and O–H groups in total. The van der Waals surface area contributed by atoms with Crippen LogP contribution in [-0.2, 0) is 9.53 Å². The Kier molecular flexibility index (Phi) is 7.26. The van der Waals surface area contributed by atoms with Gasteiger partial charge in [0, 0.05) is 6.08 Å². The van der Waals surface area contributed by atoms with Crippen LogP contribution in [0.2, 0.25) is 0 Å². The van der Waals surface area contributed by atoms with Crippen molar-refractivity contribution in [3.8, 4) is 12.3 Å². The van der Waals surface area contributed by atoms with Gasteiger partial charge in [0.05, 0.1) is 0 Å². The van der Waals surface area contributed by atoms with E-state index in [1.807, 2.05) is 0 Å². The molecule has 0 aromatic rings. The summed E-state index contributed by atoms with van der Waals surface area (Å²) in [7, 11) is 0. The smallest absolute Gasteiger partial charge is 0.331 e. The number of carbonyl (C=O) groups excluding carboxylic acids is 1. The van der Waals surface area contributed by atoms with Gasteiger partial charge < -0.3 is 4.74 Å². The Labute approximate surface area is 85.6 Å². The van der Waals surface area contributed by atoms with E-state index < -0.39 is 12.1 Å². The van der Waals surface area contributed by atoms with Gasteiger partial charge >= 0.3 is 5.97 Å². The molecule has 0 amide bonds. The Morgan fingerprint density at radius 1 is 1.71 bits per heavy atom. The molecule has 0 bridgehead atoms. The predicted molar refractivity (Wildman–Crippen MR) is 57.6 cm³/mol. The van der Waals surface area contributed by atoms with E-state index in [2.05, 4.69) is 19.4 Å². The summed E-state index contributed by atoms with van der Waals surface area (Å²) in [5, 5.41) is 0. The van der Waals surface area contributed by atoms with Crippen LogP contribution in [-0.4, -0.2) is 12.1 Å². The highest BCUT2D eigenvalue weighted by Crippen LogP contribution is 2.04. The van der Waals surface area contributed by atoms with Crippen molar-refractivity contribution < 1.29 is 9.53 Å². The molecule has 1 unspecified atom stereocenters. The molecule has 0 aliphatic heterocycles. The molecule has 0 saturated heterocycles. The van der Waals surface area contributed by atoms with Crippen LogP contribution < -0.4 is 0 Å². The molecule has 1 atom stereocenters. The summed E-state index contributed by atoms with van der Waals surface area (Å²) >= 11 is 0. The summed E-state index contributed by atoms with van der Waals surface area (Å²) in [6.45, 7) is 5.51. The zero-order valence-electron chi connectivity index (χ0n) is 8.53. The van der Waals surface area contributed by atoms with E-state index in [9.17, 15) is 4.79 Å². The molecule has 0 rings (SSSR count). The van der Waals surface area contributed by atoms with E-state index in [0.717, 1.165) is 19.3 Å². The van der Waals surface area contributed by atoms with Crippen LogP contribution in [0.5, 0.6) is 0 Å². The molecular formula is C12H16O2. The maximum Gasteiger partial charge on any atom is 0.331 e. The molecule has 0 aromatic heterocycles. The first-order valence-corrected chi connectivity index (χ1v) is 4.70. The number of carbonyl (C=O) groups is 1. The molecule has 2 heteroatoms. The SMILES string of the molecule is C#CC(CCCC)OC(=O)/C=C/C=C. The third-order valence-corrected chi connectivity index (χ3v) is 1.63. The molecule has 0 aliphatic carbocycles. The average Bonchev–Trinajstić information content (AvgIpc) is 2.21. The molecule has 0 aromatic carbocycles. The van der Waals surface area contributed by atoms with Gasteiger partial charge in [0.15, 0.2) is 6.10 Å². The van der Waals surface area contributed by atoms with Crippen molar-refractivity contribution in [2.75, 3.05) is 0 Å². The van der Waals surface area contributed by atoms with Crippen LogP contribution in [0.3, 0.4) is 0 Å². The summed E-state index contributed by atoms with van der Waals surface area (Å²) < 4.78 is 4.99. The quantitative estimate of drug-likeness (QED) is 0.280. The lowest BCUT2D eigenvalue weighted by molar-refractivity contribution is -0.140. The fourth-order valence-corrected chi connectivity index (χ4v) is 0.892. The monoisotopic (exact) mass is 192 g/mol. The summed E-state index contributed by atoms with van der Waals surface area (Å²) in [6, 6.07) is 0. The standard InChI is InChI=1S/C12H16O2/c1-4-7-9-11(6-3)14-12(13)10-8-5-2/h3,5,8,10-11H,2,4,7,9H2,1H3/b10-8+. The largest absolute Gasteiger partial charge is 0.446 e. The molecule has 0 aliphatic rings. The number of unbranched alkanes of at least 4 members (excludes halogenated alkanes) is 1. The van der Waals surface area contributed by atoms with Gasteiger partial charge in [-0.2, -0.15) is 0 Å². The number of terminal acetylenes is 1. The van der Waals surface area contributed by atoms with Gasteiger partial charge in [-0.1, -0.05) is 38.0 Å². The predicted octanol–water partition coefficient (Wildman–Crippen LogP) is 2.46. The van der Waals surface area contributed by atoms with Gasteiger partial charge in [0.2, 0.25) is 0 Å². The molecular weight excluding hydrogens is 176 g/mol. The van der Waals surface area contributed by atoms with Crippen molar-refractivity contribution in [3.05, 3.63) is 24.8 Å². The first-order valence-electron chi connectivity index (χ1n) is 4.70. The molecule has 0 saturated carbocycles. The highest BCUT2D eigenvalue weighted by Gasteiger charge is 2.07. The molecule has 0 radical (unpaired) electrons. The Bertz CT molecular complexity index is 246. The van der Waals surface area contributed by atoms with Crippen LogP contribution in [0.25, 0.3) is 0 Å². The minimum atomic E-state index is -0.413. The Balaban J connectivity index is 3.93. The number of hydrogen-bond donors (Lipinski definition) is 0. The van der Waals surface area contributed by atoms with Crippen molar-refractivity contribution in [2.24, 2.45) is 0 Å². The highest BCUT2D eigenvalue weighted by molar-refractivity contribution is 5.82. The molecule has 2 nitrogen and oxygen atoms in total. The van der Waals surface area contributed by atoms with Gasteiger partial charge in [-0.05, 0) is 12.8 Å². The molecule has 0 spiro atoms. The number of rotatable bonds is 6. The van der Waals surface area contributed by atoms with Crippen molar-refractivity contribution >= 4 is 5.97 Å². The zero-order valence-corrected chi connectivity index (χ0v) is 8.53. The molecule has 0 fully saturated rings. The molecule has 14 heavy (non-hydrogen) atoms. The van der Waals surface area contributed by atoms with Crippen LogP contribution in [0, 0.1) is 12.3 Å². The van der Waals surface area contributed by atoms with E-state index in [0.29, 0.717) is 0 Å². The lowest BCUT2D eigenvalue weighted by Gasteiger charge is -2.09. The maximum absolute atomic E-state index is 11.1. The van der Waals surface area contributed by atoms with Crippen molar-refractivity contribution in [1.82, 2.24) is 0 Å². The summed E-state index contributed by atoms with van der Waals surface area (Å²) in [5.41, 5.74) is 0. The second-order valence-electron chi connectivity index (χ2n) is 2.83. The van der Waals surface area contributed by atoms with Crippen LogP contribution in [0.15, 0.2) is 24.8 Å². The first-order chi connectivity index (χ1) is 6.74. The van der Waals surface area contributed by atoms with E-state index in [1.54, 1.807) is 0 Å². The topological polar surface area (TPSA) is 26.3 Å². The van der Waals surface area contributed by atoms with Gasteiger partial charge in [-0.3, -0.25) is 0 Å².